The highest BCUT2D eigenvalue weighted by molar-refractivity contribution is 5.79. The smallest absolute Gasteiger partial charge is 0.222 e. The molecule has 0 bridgehead atoms. The first kappa shape index (κ1) is 10.1. The van der Waals surface area contributed by atoms with Gasteiger partial charge < -0.3 is 10.1 Å². The number of hydrogen-bond acceptors (Lipinski definition) is 3. The highest BCUT2D eigenvalue weighted by Gasteiger charge is 2.04. The third kappa shape index (κ3) is 5.54. The van der Waals surface area contributed by atoms with E-state index < -0.39 is 6.04 Å². The zero-order valence-corrected chi connectivity index (χ0v) is 6.72. The summed E-state index contributed by atoms with van der Waals surface area (Å²) in [5, 5.41) is 2.42. The molecular weight excluding hydrogens is 146 g/mol. The molecule has 0 aliphatic carbocycles. The minimum atomic E-state index is -0.528. The lowest BCUT2D eigenvalue weighted by atomic mass is 10.3. The van der Waals surface area contributed by atoms with E-state index in [1.54, 1.807) is 13.2 Å². The van der Waals surface area contributed by atoms with Gasteiger partial charge in [0.2, 0.25) is 12.2 Å². The van der Waals surface area contributed by atoms with Gasteiger partial charge >= 0.3 is 0 Å². The molecule has 4 heteroatoms. The lowest BCUT2D eigenvalue weighted by molar-refractivity contribution is -0.122. The van der Waals surface area contributed by atoms with Crippen LogP contribution in [0.2, 0.25) is 0 Å². The van der Waals surface area contributed by atoms with Crippen molar-refractivity contribution in [3.05, 3.63) is 0 Å². The quantitative estimate of drug-likeness (QED) is 0.594. The van der Waals surface area contributed by atoms with Crippen LogP contribution in [0.5, 0.6) is 0 Å². The Labute approximate surface area is 65.9 Å². The van der Waals surface area contributed by atoms with Crippen molar-refractivity contribution < 1.29 is 14.3 Å². The molecule has 0 unspecified atom stereocenters. The molecule has 0 fully saturated rings. The predicted octanol–water partition coefficient (Wildman–Crippen LogP) is -0.363. The zero-order chi connectivity index (χ0) is 8.69. The van der Waals surface area contributed by atoms with Crippen LogP contribution < -0.4 is 5.32 Å². The first-order chi connectivity index (χ1) is 5.20. The Kier molecular flexibility index (Phi) is 5.37. The molecule has 1 radical (unpaired) electrons. The standard InChI is InChI=1S/C7H12NO3/c1-6(5-9)8-7(10)3-4-11-2/h6H,3-4H2,1-2H3,(H,8,10)/t6-/m0/s1. The van der Waals surface area contributed by atoms with Gasteiger partial charge in [0.15, 0.2) is 0 Å². The largest absolute Gasteiger partial charge is 0.384 e. The van der Waals surface area contributed by atoms with Crippen molar-refractivity contribution in [1.82, 2.24) is 5.32 Å². The monoisotopic (exact) mass is 158 g/mol. The van der Waals surface area contributed by atoms with E-state index in [4.69, 9.17) is 0 Å². The van der Waals surface area contributed by atoms with Gasteiger partial charge in [-0.25, -0.2) is 0 Å². The number of rotatable bonds is 5. The van der Waals surface area contributed by atoms with Crippen LogP contribution in [0.15, 0.2) is 0 Å². The summed E-state index contributed by atoms with van der Waals surface area (Å²) in [5.74, 6) is -0.192. The van der Waals surface area contributed by atoms with Crippen LogP contribution in [-0.4, -0.2) is 32.0 Å². The van der Waals surface area contributed by atoms with Gasteiger partial charge in [-0.15, -0.1) is 0 Å². The molecule has 0 aromatic carbocycles. The normalized spacial score (nSPS) is 12.2. The van der Waals surface area contributed by atoms with Crippen molar-refractivity contribution in [3.8, 4) is 0 Å². The van der Waals surface area contributed by atoms with Gasteiger partial charge in [-0.05, 0) is 6.92 Å². The zero-order valence-electron chi connectivity index (χ0n) is 6.72. The molecule has 11 heavy (non-hydrogen) atoms. The van der Waals surface area contributed by atoms with Crippen molar-refractivity contribution in [2.75, 3.05) is 13.7 Å². The van der Waals surface area contributed by atoms with Crippen LogP contribution in [0.4, 0.5) is 0 Å². The second-order valence-corrected chi connectivity index (χ2v) is 2.15. The third-order valence-electron chi connectivity index (χ3n) is 1.09. The summed E-state index contributed by atoms with van der Waals surface area (Å²) in [6, 6.07) is -0.528. The fourth-order valence-electron chi connectivity index (χ4n) is 0.538. The molecule has 63 valence electrons. The van der Waals surface area contributed by atoms with Gasteiger partial charge in [0.1, 0.15) is 0 Å². The van der Waals surface area contributed by atoms with E-state index in [0.717, 1.165) is 0 Å². The molecule has 1 N–H and O–H groups in total. The predicted molar refractivity (Wildman–Crippen MR) is 39.8 cm³/mol. The third-order valence-corrected chi connectivity index (χ3v) is 1.09. The average Bonchev–Trinajstić information content (AvgIpc) is 2.00. The Balaban J connectivity index is 3.43. The fourth-order valence-corrected chi connectivity index (χ4v) is 0.538. The molecule has 1 atom stereocenters. The summed E-state index contributed by atoms with van der Waals surface area (Å²) in [4.78, 5) is 20.7. The van der Waals surface area contributed by atoms with Gasteiger partial charge in [-0.1, -0.05) is 0 Å². The summed E-state index contributed by atoms with van der Waals surface area (Å²) in [7, 11) is 1.52. The number of methoxy groups -OCH3 is 1. The summed E-state index contributed by atoms with van der Waals surface area (Å²) in [6.07, 6.45) is 1.93. The second-order valence-electron chi connectivity index (χ2n) is 2.15. The maximum Gasteiger partial charge on any atom is 0.222 e. The molecule has 0 aromatic rings. The number of nitrogens with one attached hydrogen (secondary N) is 1. The Hall–Kier alpha value is -0.900. The van der Waals surface area contributed by atoms with Crippen molar-refractivity contribution in [2.45, 2.75) is 19.4 Å². The van der Waals surface area contributed by atoms with Crippen LogP contribution in [0.3, 0.4) is 0 Å². The van der Waals surface area contributed by atoms with E-state index in [-0.39, 0.29) is 12.3 Å². The lowest BCUT2D eigenvalue weighted by Crippen LogP contribution is -2.33. The Morgan fingerprint density at radius 2 is 2.36 bits per heavy atom. The van der Waals surface area contributed by atoms with E-state index in [0.29, 0.717) is 6.61 Å². The van der Waals surface area contributed by atoms with Gasteiger partial charge in [0, 0.05) is 13.5 Å². The van der Waals surface area contributed by atoms with Crippen molar-refractivity contribution in [1.29, 1.82) is 0 Å². The lowest BCUT2D eigenvalue weighted by Gasteiger charge is -2.05. The Bertz CT molecular complexity index is 136. The van der Waals surface area contributed by atoms with Gasteiger partial charge in [-0.3, -0.25) is 9.59 Å². The molecule has 0 rings (SSSR count). The number of amides is 1. The number of carbonyl (C=O) groups is 1. The van der Waals surface area contributed by atoms with Crippen LogP contribution in [0, 0.1) is 0 Å². The molecular formula is C7H12NO3. The molecule has 0 aromatic heterocycles. The fraction of sp³-hybridized carbons (Fsp3) is 0.714. The molecule has 4 nitrogen and oxygen atoms in total. The van der Waals surface area contributed by atoms with Gasteiger partial charge in [0.25, 0.3) is 0 Å². The molecule has 1 amide bonds. The number of ether oxygens (including phenoxy) is 1. The van der Waals surface area contributed by atoms with E-state index in [1.807, 2.05) is 0 Å². The number of hydrogen-bond donors (Lipinski definition) is 1. The van der Waals surface area contributed by atoms with Crippen LogP contribution >= 0.6 is 0 Å². The molecule has 0 spiro atoms. The van der Waals surface area contributed by atoms with Gasteiger partial charge in [-0.2, -0.15) is 0 Å². The van der Waals surface area contributed by atoms with Crippen molar-refractivity contribution in [2.24, 2.45) is 0 Å². The Morgan fingerprint density at radius 1 is 1.73 bits per heavy atom. The SMILES string of the molecule is COCCC(=O)N[C@@H](C)[C]=O. The number of carbonyl (C=O) groups excluding carboxylic acids is 2. The molecule has 0 aliphatic rings. The first-order valence-corrected chi connectivity index (χ1v) is 3.36. The highest BCUT2D eigenvalue weighted by Crippen LogP contribution is 1.82. The average molecular weight is 158 g/mol. The van der Waals surface area contributed by atoms with E-state index >= 15 is 0 Å². The van der Waals surface area contributed by atoms with Crippen LogP contribution in [-0.2, 0) is 14.3 Å². The summed E-state index contributed by atoms with van der Waals surface area (Å²) < 4.78 is 4.67. The minimum Gasteiger partial charge on any atom is -0.384 e. The maximum absolute atomic E-state index is 10.8. The molecule has 0 heterocycles. The van der Waals surface area contributed by atoms with E-state index in [1.165, 1.54) is 7.11 Å². The van der Waals surface area contributed by atoms with Crippen LogP contribution in [0.25, 0.3) is 0 Å². The van der Waals surface area contributed by atoms with Crippen molar-refractivity contribution in [3.63, 3.8) is 0 Å². The van der Waals surface area contributed by atoms with Crippen LogP contribution in [0.1, 0.15) is 13.3 Å². The maximum atomic E-state index is 10.8. The highest BCUT2D eigenvalue weighted by atomic mass is 16.5. The van der Waals surface area contributed by atoms with Crippen molar-refractivity contribution >= 4 is 12.2 Å². The van der Waals surface area contributed by atoms with E-state index in [9.17, 15) is 9.59 Å². The molecule has 0 saturated heterocycles. The minimum absolute atomic E-state index is 0.192. The molecule has 0 aliphatic heterocycles. The summed E-state index contributed by atoms with van der Waals surface area (Å²) in [5.41, 5.74) is 0. The Morgan fingerprint density at radius 3 is 2.82 bits per heavy atom. The first-order valence-electron chi connectivity index (χ1n) is 3.36. The van der Waals surface area contributed by atoms with E-state index in [2.05, 4.69) is 10.1 Å². The molecule has 0 saturated carbocycles. The topological polar surface area (TPSA) is 55.4 Å². The summed E-state index contributed by atoms with van der Waals surface area (Å²) in [6.45, 7) is 1.94. The van der Waals surface area contributed by atoms with Gasteiger partial charge in [0.05, 0.1) is 12.6 Å². The summed E-state index contributed by atoms with van der Waals surface area (Å²) >= 11 is 0. The second kappa shape index (κ2) is 5.85.